The van der Waals surface area contributed by atoms with Gasteiger partial charge in [0.2, 0.25) is 10.0 Å². The van der Waals surface area contributed by atoms with Crippen molar-refractivity contribution in [2.45, 2.75) is 24.2 Å². The van der Waals surface area contributed by atoms with Crippen LogP contribution in [0.3, 0.4) is 0 Å². The predicted octanol–water partition coefficient (Wildman–Crippen LogP) is 4.94. The number of hydrogen-bond donors (Lipinski definition) is 0. The normalized spacial score (nSPS) is 22.5. The third kappa shape index (κ3) is 3.22. The van der Waals surface area contributed by atoms with Gasteiger partial charge >= 0.3 is 0 Å². The maximum Gasteiger partial charge on any atom is 0.243 e. The maximum absolute atomic E-state index is 13.2. The van der Waals surface area contributed by atoms with Crippen LogP contribution in [0.5, 0.6) is 0 Å². The molecule has 0 radical (unpaired) electrons. The van der Waals surface area contributed by atoms with E-state index in [1.807, 2.05) is 36.4 Å². The third-order valence-electron chi connectivity index (χ3n) is 5.48. The summed E-state index contributed by atoms with van der Waals surface area (Å²) in [7, 11) is -3.49. The Hall–Kier alpha value is -1.62. The van der Waals surface area contributed by atoms with Gasteiger partial charge in [-0.2, -0.15) is 4.31 Å². The summed E-state index contributed by atoms with van der Waals surface area (Å²) in [4.78, 5) is 0.407. The summed E-state index contributed by atoms with van der Waals surface area (Å²) in [5.74, 6) is 0.655. The molecule has 0 aromatic heterocycles. The first-order valence-electron chi connectivity index (χ1n) is 9.07. The second-order valence-corrected chi connectivity index (χ2v) is 9.34. The molecule has 136 valence electrons. The molecule has 2 aromatic carbocycles. The van der Waals surface area contributed by atoms with Gasteiger partial charge in [0.25, 0.3) is 0 Å². The van der Waals surface area contributed by atoms with Gasteiger partial charge in [-0.25, -0.2) is 8.42 Å². The lowest BCUT2D eigenvalue weighted by Gasteiger charge is -2.35. The van der Waals surface area contributed by atoms with E-state index < -0.39 is 10.0 Å². The molecule has 1 aliphatic carbocycles. The van der Waals surface area contributed by atoms with Gasteiger partial charge in [0.05, 0.1) is 4.90 Å². The Bertz CT molecular complexity index is 967. The van der Waals surface area contributed by atoms with Crippen LogP contribution < -0.4 is 0 Å². The molecule has 1 unspecified atom stereocenters. The van der Waals surface area contributed by atoms with Crippen molar-refractivity contribution in [1.82, 2.24) is 4.31 Å². The minimum absolute atomic E-state index is 0.243. The summed E-state index contributed by atoms with van der Waals surface area (Å²) in [6, 6.07) is 13.1. The summed E-state index contributed by atoms with van der Waals surface area (Å²) in [5.41, 5.74) is 0. The van der Waals surface area contributed by atoms with Gasteiger partial charge in [-0.1, -0.05) is 66.2 Å². The summed E-state index contributed by atoms with van der Waals surface area (Å²) in [5, 5.41) is 2.65. The highest BCUT2D eigenvalue weighted by Gasteiger charge is 2.33. The molecular formula is C21H22ClNO2S. The molecule has 3 nitrogen and oxygen atoms in total. The van der Waals surface area contributed by atoms with Crippen LogP contribution in [0.25, 0.3) is 10.8 Å². The van der Waals surface area contributed by atoms with Gasteiger partial charge < -0.3 is 0 Å². The summed E-state index contributed by atoms with van der Waals surface area (Å²) >= 11 is 6.38. The van der Waals surface area contributed by atoms with Crippen LogP contribution in [0.15, 0.2) is 70.6 Å². The van der Waals surface area contributed by atoms with Crippen LogP contribution in [0.1, 0.15) is 19.3 Å². The van der Waals surface area contributed by atoms with E-state index in [4.69, 9.17) is 11.6 Å². The van der Waals surface area contributed by atoms with Crippen molar-refractivity contribution in [3.8, 4) is 0 Å². The molecule has 5 heteroatoms. The molecule has 2 aliphatic rings. The van der Waals surface area contributed by atoms with E-state index in [1.165, 1.54) is 0 Å². The second-order valence-electron chi connectivity index (χ2n) is 7.00. The number of piperidine rings is 1. The first-order chi connectivity index (χ1) is 12.6. The highest BCUT2D eigenvalue weighted by Crippen LogP contribution is 2.37. The smallest absolute Gasteiger partial charge is 0.207 e. The average Bonchev–Trinajstić information content (AvgIpc) is 2.68. The van der Waals surface area contributed by atoms with Crippen molar-refractivity contribution >= 4 is 32.4 Å². The van der Waals surface area contributed by atoms with E-state index >= 15 is 0 Å². The number of benzene rings is 2. The van der Waals surface area contributed by atoms with Gasteiger partial charge in [-0.15, -0.1) is 0 Å². The van der Waals surface area contributed by atoms with Gasteiger partial charge in [0.1, 0.15) is 0 Å². The van der Waals surface area contributed by atoms with E-state index in [1.54, 1.807) is 10.4 Å². The van der Waals surface area contributed by atoms with E-state index in [0.717, 1.165) is 35.1 Å². The molecule has 1 fully saturated rings. The highest BCUT2D eigenvalue weighted by atomic mass is 35.5. The minimum atomic E-state index is -3.49. The molecule has 1 saturated heterocycles. The molecule has 0 bridgehead atoms. The van der Waals surface area contributed by atoms with Gasteiger partial charge in [0, 0.05) is 29.4 Å². The molecule has 1 heterocycles. The minimum Gasteiger partial charge on any atom is -0.207 e. The molecule has 1 aliphatic heterocycles. The molecule has 2 aromatic rings. The number of fused-ring (bicyclic) bond motifs is 1. The maximum atomic E-state index is 13.2. The Morgan fingerprint density at radius 1 is 1.00 bits per heavy atom. The molecule has 1 atom stereocenters. The molecule has 0 saturated carbocycles. The van der Waals surface area contributed by atoms with Gasteiger partial charge in [-0.3, -0.25) is 0 Å². The monoisotopic (exact) mass is 387 g/mol. The van der Waals surface area contributed by atoms with Crippen LogP contribution in [-0.4, -0.2) is 25.8 Å². The number of allylic oxidation sites excluding steroid dienone is 4. The predicted molar refractivity (Wildman–Crippen MR) is 107 cm³/mol. The fourth-order valence-corrected chi connectivity index (χ4v) is 6.08. The number of hydrogen-bond acceptors (Lipinski definition) is 2. The Kier molecular flexibility index (Phi) is 4.91. The molecule has 0 amide bonds. The Morgan fingerprint density at radius 3 is 2.50 bits per heavy atom. The lowest BCUT2D eigenvalue weighted by Crippen LogP contribution is -2.40. The number of halogens is 1. The van der Waals surface area contributed by atoms with Crippen molar-refractivity contribution in [2.75, 3.05) is 13.1 Å². The lowest BCUT2D eigenvalue weighted by molar-refractivity contribution is 0.248. The van der Waals surface area contributed by atoms with Crippen molar-refractivity contribution < 1.29 is 8.42 Å². The van der Waals surface area contributed by atoms with Crippen LogP contribution in [-0.2, 0) is 10.0 Å². The second kappa shape index (κ2) is 7.18. The standard InChI is InChI=1S/C21H22ClNO2S/c22-20-10-4-3-8-18(20)17-12-14-23(15-13-17)26(24,25)21-11-5-7-16-6-1-2-9-19(16)21/h1-3,5-11,17-18H,4,12-15H2. The van der Waals surface area contributed by atoms with Crippen molar-refractivity contribution in [3.63, 3.8) is 0 Å². The van der Waals surface area contributed by atoms with E-state index in [0.29, 0.717) is 23.9 Å². The molecule has 4 rings (SSSR count). The highest BCUT2D eigenvalue weighted by molar-refractivity contribution is 7.89. The van der Waals surface area contributed by atoms with E-state index in [2.05, 4.69) is 18.2 Å². The zero-order valence-electron chi connectivity index (χ0n) is 14.5. The molecule has 0 N–H and O–H groups in total. The Labute approximate surface area is 160 Å². The number of sulfonamides is 1. The number of rotatable bonds is 3. The zero-order valence-corrected chi connectivity index (χ0v) is 16.1. The van der Waals surface area contributed by atoms with Crippen molar-refractivity contribution in [3.05, 3.63) is 65.7 Å². The van der Waals surface area contributed by atoms with Crippen molar-refractivity contribution in [1.29, 1.82) is 0 Å². The van der Waals surface area contributed by atoms with E-state index in [9.17, 15) is 8.42 Å². The first-order valence-corrected chi connectivity index (χ1v) is 10.9. The van der Waals surface area contributed by atoms with Gasteiger partial charge in [0.15, 0.2) is 0 Å². The lowest BCUT2D eigenvalue weighted by atomic mass is 9.82. The Morgan fingerprint density at radius 2 is 1.73 bits per heavy atom. The SMILES string of the molecule is O=S(=O)(c1cccc2ccccc12)N1CCC(C2C=CCC=C2Cl)CC1. The van der Waals surface area contributed by atoms with E-state index in [-0.39, 0.29) is 5.92 Å². The zero-order chi connectivity index (χ0) is 18.1. The topological polar surface area (TPSA) is 37.4 Å². The summed E-state index contributed by atoms with van der Waals surface area (Å²) in [6.07, 6.45) is 8.96. The molecule has 0 spiro atoms. The quantitative estimate of drug-likeness (QED) is 0.699. The fourth-order valence-electron chi connectivity index (χ4n) is 4.05. The Balaban J connectivity index is 1.56. The fraction of sp³-hybridized carbons (Fsp3) is 0.333. The molecule has 26 heavy (non-hydrogen) atoms. The van der Waals surface area contributed by atoms with Crippen LogP contribution >= 0.6 is 11.6 Å². The summed E-state index contributed by atoms with van der Waals surface area (Å²) < 4.78 is 28.1. The van der Waals surface area contributed by atoms with Crippen LogP contribution in [0.2, 0.25) is 0 Å². The largest absolute Gasteiger partial charge is 0.243 e. The number of nitrogens with zero attached hydrogens (tertiary/aromatic N) is 1. The van der Waals surface area contributed by atoms with Crippen molar-refractivity contribution in [2.24, 2.45) is 11.8 Å². The van der Waals surface area contributed by atoms with Gasteiger partial charge in [-0.05, 0) is 36.6 Å². The first kappa shape index (κ1) is 17.8. The van der Waals surface area contributed by atoms with Crippen LogP contribution in [0.4, 0.5) is 0 Å². The molecular weight excluding hydrogens is 366 g/mol. The van der Waals surface area contributed by atoms with Crippen LogP contribution in [0, 0.1) is 11.8 Å². The third-order valence-corrected chi connectivity index (χ3v) is 7.85. The summed E-state index contributed by atoms with van der Waals surface area (Å²) in [6.45, 7) is 1.09. The average molecular weight is 388 g/mol.